The lowest BCUT2D eigenvalue weighted by Crippen LogP contribution is -2.41. The lowest BCUT2D eigenvalue weighted by molar-refractivity contribution is 0.231. The summed E-state index contributed by atoms with van der Waals surface area (Å²) in [5.74, 6) is 0.149. The Bertz CT molecular complexity index is 726. The van der Waals surface area contributed by atoms with E-state index in [-0.39, 0.29) is 24.6 Å². The van der Waals surface area contributed by atoms with E-state index in [4.69, 9.17) is 16.7 Å². The van der Waals surface area contributed by atoms with E-state index >= 15 is 0 Å². The fourth-order valence-electron chi connectivity index (χ4n) is 2.90. The van der Waals surface area contributed by atoms with Crippen LogP contribution in [0.25, 0.3) is 10.9 Å². The molecule has 1 heterocycles. The third kappa shape index (κ3) is 3.86. The molecule has 2 amide bonds. The first kappa shape index (κ1) is 15.9. The van der Waals surface area contributed by atoms with E-state index in [2.05, 4.69) is 15.6 Å². The van der Waals surface area contributed by atoms with Gasteiger partial charge in [0.25, 0.3) is 0 Å². The van der Waals surface area contributed by atoms with Gasteiger partial charge >= 0.3 is 6.03 Å². The molecule has 1 aliphatic carbocycles. The van der Waals surface area contributed by atoms with Crippen molar-refractivity contribution in [2.45, 2.75) is 18.9 Å². The number of H-pyrrole nitrogens is 1. The molecule has 2 atom stereocenters. The van der Waals surface area contributed by atoms with Gasteiger partial charge in [0.15, 0.2) is 0 Å². The first-order chi connectivity index (χ1) is 11.2. The molecule has 0 saturated heterocycles. The second kappa shape index (κ2) is 7.06. The number of nitrogens with one attached hydrogen (secondary N) is 3. The summed E-state index contributed by atoms with van der Waals surface area (Å²) in [6.07, 6.45) is 7.31. The molecule has 6 heteroatoms. The van der Waals surface area contributed by atoms with Crippen molar-refractivity contribution < 1.29 is 9.90 Å². The highest BCUT2D eigenvalue weighted by Gasteiger charge is 2.19. The smallest absolute Gasteiger partial charge is 0.315 e. The zero-order valence-corrected chi connectivity index (χ0v) is 13.4. The third-order valence-corrected chi connectivity index (χ3v) is 4.37. The van der Waals surface area contributed by atoms with E-state index in [9.17, 15) is 4.79 Å². The van der Waals surface area contributed by atoms with Gasteiger partial charge in [-0.25, -0.2) is 4.79 Å². The number of halogens is 1. The molecule has 1 aromatic carbocycles. The van der Waals surface area contributed by atoms with Crippen LogP contribution in [0, 0.1) is 5.92 Å². The number of hydrogen-bond donors (Lipinski definition) is 4. The normalized spacial score (nSPS) is 20.1. The molecular formula is C17H20ClN3O2. The fraction of sp³-hybridized carbons (Fsp3) is 0.353. The van der Waals surface area contributed by atoms with Crippen LogP contribution in [-0.4, -0.2) is 35.3 Å². The molecule has 4 N–H and O–H groups in total. The summed E-state index contributed by atoms with van der Waals surface area (Å²) in [5, 5.41) is 16.6. The Morgan fingerprint density at radius 2 is 2.26 bits per heavy atom. The number of hydrogen-bond acceptors (Lipinski definition) is 2. The fourth-order valence-corrected chi connectivity index (χ4v) is 3.08. The van der Waals surface area contributed by atoms with E-state index < -0.39 is 0 Å². The van der Waals surface area contributed by atoms with Crippen LogP contribution in [0.4, 0.5) is 4.79 Å². The summed E-state index contributed by atoms with van der Waals surface area (Å²) in [6, 6.07) is 5.55. The second-order valence-electron chi connectivity index (χ2n) is 5.82. The minimum absolute atomic E-state index is 0.000884. The predicted molar refractivity (Wildman–Crippen MR) is 91.7 cm³/mol. The molecule has 1 aliphatic rings. The van der Waals surface area contributed by atoms with Gasteiger partial charge in [-0.1, -0.05) is 23.8 Å². The summed E-state index contributed by atoms with van der Waals surface area (Å²) in [7, 11) is 0. The third-order valence-electron chi connectivity index (χ3n) is 4.13. The van der Waals surface area contributed by atoms with Crippen molar-refractivity contribution in [3.63, 3.8) is 0 Å². The molecule has 122 valence electrons. The van der Waals surface area contributed by atoms with E-state index in [0.717, 1.165) is 29.3 Å². The molecule has 1 aromatic heterocycles. The van der Waals surface area contributed by atoms with Gasteiger partial charge in [0, 0.05) is 47.2 Å². The number of carbonyl (C=O) groups is 1. The average Bonchev–Trinajstić information content (AvgIpc) is 3.14. The minimum atomic E-state index is -0.184. The van der Waals surface area contributed by atoms with Gasteiger partial charge in [-0.3, -0.25) is 0 Å². The summed E-state index contributed by atoms with van der Waals surface area (Å²) < 4.78 is 0. The highest BCUT2D eigenvalue weighted by molar-refractivity contribution is 6.31. The van der Waals surface area contributed by atoms with Crippen molar-refractivity contribution in [1.29, 1.82) is 0 Å². The number of urea groups is 1. The number of benzene rings is 1. The minimum Gasteiger partial charge on any atom is -0.396 e. The van der Waals surface area contributed by atoms with Gasteiger partial charge in [0.2, 0.25) is 0 Å². The SMILES string of the molecule is O=C(NCCc1c[nH]c2ccc(Cl)cc12)N[C@@H]1C=C[C@H](CO)C1. The average molecular weight is 334 g/mol. The topological polar surface area (TPSA) is 77.2 Å². The highest BCUT2D eigenvalue weighted by atomic mass is 35.5. The molecule has 3 rings (SSSR count). The number of fused-ring (bicyclic) bond motifs is 1. The second-order valence-corrected chi connectivity index (χ2v) is 6.26. The highest BCUT2D eigenvalue weighted by Crippen LogP contribution is 2.22. The van der Waals surface area contributed by atoms with Crippen LogP contribution in [-0.2, 0) is 6.42 Å². The number of aromatic amines is 1. The molecule has 0 bridgehead atoms. The van der Waals surface area contributed by atoms with E-state index in [1.54, 1.807) is 0 Å². The quantitative estimate of drug-likeness (QED) is 0.635. The number of aliphatic hydroxyl groups excluding tert-OH is 1. The van der Waals surface area contributed by atoms with E-state index in [0.29, 0.717) is 11.6 Å². The number of amides is 2. The van der Waals surface area contributed by atoms with E-state index in [1.807, 2.05) is 36.5 Å². The number of rotatable bonds is 5. The Morgan fingerprint density at radius 1 is 1.39 bits per heavy atom. The molecule has 0 aliphatic heterocycles. The molecule has 5 nitrogen and oxygen atoms in total. The molecule has 0 fully saturated rings. The Hall–Kier alpha value is -1.98. The predicted octanol–water partition coefficient (Wildman–Crippen LogP) is 2.60. The van der Waals surface area contributed by atoms with Crippen LogP contribution in [0.3, 0.4) is 0 Å². The molecule has 0 spiro atoms. The lowest BCUT2D eigenvalue weighted by Gasteiger charge is -2.13. The van der Waals surface area contributed by atoms with Gasteiger partial charge in [-0.2, -0.15) is 0 Å². The van der Waals surface area contributed by atoms with Crippen LogP contribution < -0.4 is 10.6 Å². The Morgan fingerprint density at radius 3 is 3.04 bits per heavy atom. The van der Waals surface area contributed by atoms with Gasteiger partial charge in [-0.15, -0.1) is 0 Å². The maximum Gasteiger partial charge on any atom is 0.315 e. The summed E-state index contributed by atoms with van der Waals surface area (Å²) >= 11 is 6.03. The standard InChI is InChI=1S/C17H20ClN3O2/c18-13-2-4-16-15(8-13)12(9-20-16)5-6-19-17(23)21-14-3-1-11(7-14)10-22/h1-4,8-9,11,14,20,22H,5-7,10H2,(H2,19,21,23)/t11-,14+/m0/s1. The van der Waals surface area contributed by atoms with Crippen molar-refractivity contribution in [3.8, 4) is 0 Å². The number of aliphatic hydroxyl groups is 1. The van der Waals surface area contributed by atoms with Crippen molar-refractivity contribution in [1.82, 2.24) is 15.6 Å². The van der Waals surface area contributed by atoms with Crippen molar-refractivity contribution in [3.05, 3.63) is 47.1 Å². The zero-order chi connectivity index (χ0) is 16.2. The van der Waals surface area contributed by atoms with Crippen molar-refractivity contribution in [2.24, 2.45) is 5.92 Å². The Balaban J connectivity index is 1.48. The zero-order valence-electron chi connectivity index (χ0n) is 12.7. The maximum atomic E-state index is 11.9. The Kier molecular flexibility index (Phi) is 4.88. The molecule has 0 saturated carbocycles. The van der Waals surface area contributed by atoms with Crippen LogP contribution >= 0.6 is 11.6 Å². The molecule has 0 unspecified atom stereocenters. The van der Waals surface area contributed by atoms with Gasteiger partial charge < -0.3 is 20.7 Å². The number of carbonyl (C=O) groups excluding carboxylic acids is 1. The van der Waals surface area contributed by atoms with Crippen molar-refractivity contribution >= 4 is 28.5 Å². The van der Waals surface area contributed by atoms with Gasteiger partial charge in [0.1, 0.15) is 0 Å². The van der Waals surface area contributed by atoms with Crippen LogP contribution in [0.15, 0.2) is 36.5 Å². The summed E-state index contributed by atoms with van der Waals surface area (Å²) in [4.78, 5) is 15.1. The summed E-state index contributed by atoms with van der Waals surface area (Å²) in [5.41, 5.74) is 2.17. The molecule has 23 heavy (non-hydrogen) atoms. The molecule has 2 aromatic rings. The molecular weight excluding hydrogens is 314 g/mol. The van der Waals surface area contributed by atoms with Gasteiger partial charge in [-0.05, 0) is 36.6 Å². The lowest BCUT2D eigenvalue weighted by atomic mass is 10.1. The first-order valence-corrected chi connectivity index (χ1v) is 8.12. The monoisotopic (exact) mass is 333 g/mol. The van der Waals surface area contributed by atoms with Crippen LogP contribution in [0.2, 0.25) is 5.02 Å². The molecule has 0 radical (unpaired) electrons. The van der Waals surface area contributed by atoms with Crippen LogP contribution in [0.1, 0.15) is 12.0 Å². The largest absolute Gasteiger partial charge is 0.396 e. The first-order valence-electron chi connectivity index (χ1n) is 7.75. The van der Waals surface area contributed by atoms with Crippen LogP contribution in [0.5, 0.6) is 0 Å². The number of aromatic nitrogens is 1. The van der Waals surface area contributed by atoms with Gasteiger partial charge in [0.05, 0.1) is 0 Å². The summed E-state index contributed by atoms with van der Waals surface area (Å²) in [6.45, 7) is 0.671. The van der Waals surface area contributed by atoms with Crippen molar-refractivity contribution in [2.75, 3.05) is 13.2 Å². The van der Waals surface area contributed by atoms with E-state index in [1.165, 1.54) is 0 Å². The Labute approximate surface area is 139 Å². The maximum absolute atomic E-state index is 11.9.